The van der Waals surface area contributed by atoms with Gasteiger partial charge in [-0.1, -0.05) is 6.07 Å². The van der Waals surface area contributed by atoms with E-state index in [1.807, 2.05) is 6.92 Å². The van der Waals surface area contributed by atoms with Gasteiger partial charge in [-0.2, -0.15) is 0 Å². The lowest BCUT2D eigenvalue weighted by Crippen LogP contribution is -2.41. The van der Waals surface area contributed by atoms with Crippen molar-refractivity contribution < 1.29 is 19.8 Å². The lowest BCUT2D eigenvalue weighted by Gasteiger charge is -2.27. The third kappa shape index (κ3) is 3.40. The first-order valence-corrected chi connectivity index (χ1v) is 7.43. The van der Waals surface area contributed by atoms with Gasteiger partial charge in [-0.3, -0.25) is 24.5 Å². The highest BCUT2D eigenvalue weighted by Crippen LogP contribution is 2.32. The molecule has 0 aromatic carbocycles. The maximum atomic E-state index is 12.1. The van der Waals surface area contributed by atoms with Gasteiger partial charge in [-0.25, -0.2) is 0 Å². The van der Waals surface area contributed by atoms with Gasteiger partial charge in [0.15, 0.2) is 0 Å². The second kappa shape index (κ2) is 6.74. The lowest BCUT2D eigenvalue weighted by molar-refractivity contribution is -0.150. The summed E-state index contributed by atoms with van der Waals surface area (Å²) in [5, 5.41) is 19.1. The van der Waals surface area contributed by atoms with Gasteiger partial charge in [0.25, 0.3) is 0 Å². The molecule has 7 nitrogen and oxygen atoms in total. The maximum absolute atomic E-state index is 12.1. The number of carboxylic acids is 2. The minimum Gasteiger partial charge on any atom is -0.481 e. The minimum absolute atomic E-state index is 0.0917. The number of aromatic nitrogens is 3. The summed E-state index contributed by atoms with van der Waals surface area (Å²) >= 11 is 0. The highest BCUT2D eigenvalue weighted by Gasteiger charge is 2.45. The summed E-state index contributed by atoms with van der Waals surface area (Å²) in [5.41, 5.74) is 0.991. The normalized spacial score (nSPS) is 13.3. The van der Waals surface area contributed by atoms with Crippen LogP contribution in [0.25, 0.3) is 0 Å². The maximum Gasteiger partial charge on any atom is 0.316 e. The van der Waals surface area contributed by atoms with Crippen LogP contribution in [0.15, 0.2) is 24.4 Å². The summed E-state index contributed by atoms with van der Waals surface area (Å²) < 4.78 is 0. The van der Waals surface area contributed by atoms with Crippen molar-refractivity contribution in [1.82, 2.24) is 15.0 Å². The topological polar surface area (TPSA) is 113 Å². The molecular weight excluding hydrogens is 310 g/mol. The van der Waals surface area contributed by atoms with Crippen LogP contribution in [0, 0.1) is 20.8 Å². The van der Waals surface area contributed by atoms with E-state index in [0.717, 1.165) is 5.69 Å². The molecular formula is C17H19N3O4. The van der Waals surface area contributed by atoms with Crippen molar-refractivity contribution in [3.8, 4) is 0 Å². The molecule has 0 fully saturated rings. The van der Waals surface area contributed by atoms with Crippen molar-refractivity contribution in [2.75, 3.05) is 0 Å². The second-order valence-corrected chi connectivity index (χ2v) is 5.78. The Bertz CT molecular complexity index is 777. The number of rotatable bonds is 6. The predicted octanol–water partition coefficient (Wildman–Crippen LogP) is 1.84. The third-order valence-corrected chi connectivity index (χ3v) is 4.07. The standard InChI is InChI=1S/C17H19N3O4/c1-10-11(2)20-13(12(3)19-10)8-17(16(23)24,9-15(21)22)14-6-4-5-7-18-14/h4-7H,8-9H2,1-3H3,(H,21,22)(H,23,24). The Labute approximate surface area is 139 Å². The average molecular weight is 329 g/mol. The largest absolute Gasteiger partial charge is 0.481 e. The Morgan fingerprint density at radius 3 is 2.25 bits per heavy atom. The van der Waals surface area contributed by atoms with E-state index in [9.17, 15) is 19.8 Å². The monoisotopic (exact) mass is 329 g/mol. The van der Waals surface area contributed by atoms with Crippen molar-refractivity contribution in [1.29, 1.82) is 0 Å². The van der Waals surface area contributed by atoms with Crippen LogP contribution in [0.2, 0.25) is 0 Å². The molecule has 2 aromatic heterocycles. The molecule has 0 amide bonds. The van der Waals surface area contributed by atoms with Crippen molar-refractivity contribution >= 4 is 11.9 Å². The van der Waals surface area contributed by atoms with Crippen LogP contribution in [0.1, 0.15) is 34.9 Å². The van der Waals surface area contributed by atoms with E-state index in [1.165, 1.54) is 12.3 Å². The number of aliphatic carboxylic acids is 2. The average Bonchev–Trinajstić information content (AvgIpc) is 2.52. The zero-order chi connectivity index (χ0) is 17.9. The molecule has 2 aromatic rings. The summed E-state index contributed by atoms with van der Waals surface area (Å²) in [6.07, 6.45) is 0.771. The summed E-state index contributed by atoms with van der Waals surface area (Å²) in [7, 11) is 0. The zero-order valence-electron chi connectivity index (χ0n) is 13.8. The van der Waals surface area contributed by atoms with Crippen molar-refractivity contribution in [3.05, 3.63) is 52.9 Å². The number of hydrogen-bond donors (Lipinski definition) is 2. The molecule has 0 saturated carbocycles. The molecule has 2 heterocycles. The van der Waals surface area contributed by atoms with E-state index in [-0.39, 0.29) is 12.1 Å². The zero-order valence-corrected chi connectivity index (χ0v) is 13.8. The first-order chi connectivity index (χ1) is 11.3. The van der Waals surface area contributed by atoms with Gasteiger partial charge in [-0.15, -0.1) is 0 Å². The Balaban J connectivity index is 2.60. The molecule has 2 N–H and O–H groups in total. The predicted molar refractivity (Wildman–Crippen MR) is 85.8 cm³/mol. The summed E-state index contributed by atoms with van der Waals surface area (Å²) in [6.45, 7) is 5.34. The lowest BCUT2D eigenvalue weighted by atomic mass is 9.76. The number of hydrogen-bond acceptors (Lipinski definition) is 5. The third-order valence-electron chi connectivity index (χ3n) is 4.07. The van der Waals surface area contributed by atoms with Gasteiger partial charge in [0.2, 0.25) is 0 Å². The molecule has 7 heteroatoms. The van der Waals surface area contributed by atoms with E-state index >= 15 is 0 Å². The van der Waals surface area contributed by atoms with Crippen molar-refractivity contribution in [2.45, 2.75) is 39.0 Å². The molecule has 0 aliphatic carbocycles. The summed E-state index contributed by atoms with van der Waals surface area (Å²) in [4.78, 5) is 36.3. The number of carbonyl (C=O) groups is 2. The van der Waals surface area contributed by atoms with Crippen molar-refractivity contribution in [3.63, 3.8) is 0 Å². The van der Waals surface area contributed by atoms with Gasteiger partial charge in [0.05, 0.1) is 34.9 Å². The summed E-state index contributed by atoms with van der Waals surface area (Å²) in [6, 6.07) is 4.82. The molecule has 2 rings (SSSR count). The van der Waals surface area contributed by atoms with Crippen LogP contribution in [-0.4, -0.2) is 37.1 Å². The van der Waals surface area contributed by atoms with Crippen LogP contribution in [0.3, 0.4) is 0 Å². The van der Waals surface area contributed by atoms with Crippen molar-refractivity contribution in [2.24, 2.45) is 0 Å². The molecule has 0 aliphatic heterocycles. The van der Waals surface area contributed by atoms with E-state index in [2.05, 4.69) is 15.0 Å². The van der Waals surface area contributed by atoms with Crippen LogP contribution in [0.5, 0.6) is 0 Å². The number of nitrogens with zero attached hydrogens (tertiary/aromatic N) is 3. The fourth-order valence-corrected chi connectivity index (χ4v) is 2.62. The first-order valence-electron chi connectivity index (χ1n) is 7.43. The molecule has 1 unspecified atom stereocenters. The molecule has 0 radical (unpaired) electrons. The highest BCUT2D eigenvalue weighted by molar-refractivity contribution is 5.86. The Morgan fingerprint density at radius 2 is 1.71 bits per heavy atom. The quantitative estimate of drug-likeness (QED) is 0.831. The van der Waals surface area contributed by atoms with Crippen LogP contribution >= 0.6 is 0 Å². The van der Waals surface area contributed by atoms with Gasteiger partial charge in [0, 0.05) is 12.6 Å². The Hall–Kier alpha value is -2.83. The van der Waals surface area contributed by atoms with E-state index in [4.69, 9.17) is 0 Å². The van der Waals surface area contributed by atoms with Gasteiger partial charge in [-0.05, 0) is 32.9 Å². The van der Waals surface area contributed by atoms with Gasteiger partial charge in [0.1, 0.15) is 5.41 Å². The highest BCUT2D eigenvalue weighted by atomic mass is 16.4. The number of pyridine rings is 1. The van der Waals surface area contributed by atoms with Gasteiger partial charge < -0.3 is 10.2 Å². The fourth-order valence-electron chi connectivity index (χ4n) is 2.62. The fraction of sp³-hybridized carbons (Fsp3) is 0.353. The first kappa shape index (κ1) is 17.5. The smallest absolute Gasteiger partial charge is 0.316 e. The molecule has 0 aliphatic rings. The Kier molecular flexibility index (Phi) is 4.92. The number of aryl methyl sites for hydroxylation is 3. The Morgan fingerprint density at radius 1 is 1.04 bits per heavy atom. The summed E-state index contributed by atoms with van der Waals surface area (Å²) in [5.74, 6) is -2.46. The van der Waals surface area contributed by atoms with Gasteiger partial charge >= 0.3 is 11.9 Å². The van der Waals surface area contributed by atoms with Crippen LogP contribution in [0.4, 0.5) is 0 Å². The SMILES string of the molecule is Cc1nc(C)c(CC(CC(=O)O)(C(=O)O)c2ccccn2)nc1C. The molecule has 0 bridgehead atoms. The molecule has 0 saturated heterocycles. The molecule has 0 spiro atoms. The molecule has 24 heavy (non-hydrogen) atoms. The van der Waals surface area contributed by atoms with E-state index in [1.54, 1.807) is 26.0 Å². The van der Waals surface area contributed by atoms with E-state index in [0.29, 0.717) is 17.1 Å². The molecule has 1 atom stereocenters. The second-order valence-electron chi connectivity index (χ2n) is 5.78. The number of carboxylic acid groups (broad SMARTS) is 2. The van der Waals surface area contributed by atoms with E-state index < -0.39 is 23.8 Å². The minimum atomic E-state index is -1.70. The van der Waals surface area contributed by atoms with Crippen LogP contribution in [-0.2, 0) is 21.4 Å². The van der Waals surface area contributed by atoms with Crippen LogP contribution < -0.4 is 0 Å². The molecule has 126 valence electrons.